The molecule has 6 nitrogen and oxygen atoms in total. The number of hydrogen-bond acceptors (Lipinski definition) is 6. The number of carbonyl (C=O) groups excluding carboxylic acids is 2. The Kier molecular flexibility index (Phi) is 5.63. The summed E-state index contributed by atoms with van der Waals surface area (Å²) in [4.78, 5) is 21.8. The maximum atomic E-state index is 11.3. The zero-order valence-electron chi connectivity index (χ0n) is 9.15. The molecule has 0 amide bonds. The van der Waals surface area contributed by atoms with Gasteiger partial charge in [-0.2, -0.15) is 0 Å². The van der Waals surface area contributed by atoms with Gasteiger partial charge in [0, 0.05) is 6.42 Å². The number of cyclic esters (lactones) is 2. The van der Waals surface area contributed by atoms with Gasteiger partial charge in [-0.3, -0.25) is 4.79 Å². The van der Waals surface area contributed by atoms with Crippen molar-refractivity contribution >= 4 is 12.1 Å². The normalized spacial score (nSPS) is 16.4. The first-order chi connectivity index (χ1) is 7.72. The average Bonchev–Trinajstić information content (AvgIpc) is 2.28. The van der Waals surface area contributed by atoms with Crippen molar-refractivity contribution in [2.75, 3.05) is 19.8 Å². The standard InChI is InChI=1S/C10H17NO5/c11-5-3-1-2-4-9(12)16-8-6-14-10(13)15-7-8/h8H,1-7,11H2. The lowest BCUT2D eigenvalue weighted by Gasteiger charge is -2.21. The minimum atomic E-state index is -0.713. The molecule has 1 aliphatic heterocycles. The van der Waals surface area contributed by atoms with Crippen molar-refractivity contribution in [3.8, 4) is 0 Å². The molecule has 0 aromatic carbocycles. The van der Waals surface area contributed by atoms with Crippen LogP contribution >= 0.6 is 0 Å². The fourth-order valence-electron chi connectivity index (χ4n) is 1.32. The van der Waals surface area contributed by atoms with Gasteiger partial charge in [0.05, 0.1) is 0 Å². The van der Waals surface area contributed by atoms with E-state index in [1.807, 2.05) is 0 Å². The van der Waals surface area contributed by atoms with Crippen LogP contribution in [-0.4, -0.2) is 38.0 Å². The second-order valence-electron chi connectivity index (χ2n) is 3.58. The second-order valence-corrected chi connectivity index (χ2v) is 3.58. The lowest BCUT2D eigenvalue weighted by Crippen LogP contribution is -2.35. The molecule has 0 aromatic rings. The van der Waals surface area contributed by atoms with Crippen LogP contribution in [0.4, 0.5) is 4.79 Å². The molecule has 0 spiro atoms. The maximum Gasteiger partial charge on any atom is 0.508 e. The molecular weight excluding hydrogens is 214 g/mol. The van der Waals surface area contributed by atoms with Crippen molar-refractivity contribution in [1.82, 2.24) is 0 Å². The Balaban J connectivity index is 2.07. The maximum absolute atomic E-state index is 11.3. The Hall–Kier alpha value is -1.30. The van der Waals surface area contributed by atoms with E-state index in [0.29, 0.717) is 13.0 Å². The average molecular weight is 231 g/mol. The molecule has 0 bridgehead atoms. The van der Waals surface area contributed by atoms with Gasteiger partial charge in [0.15, 0.2) is 6.10 Å². The summed E-state index contributed by atoms with van der Waals surface area (Å²) in [6, 6.07) is 0. The molecule has 0 unspecified atom stereocenters. The van der Waals surface area contributed by atoms with E-state index in [0.717, 1.165) is 19.3 Å². The molecule has 6 heteroatoms. The van der Waals surface area contributed by atoms with Crippen molar-refractivity contribution < 1.29 is 23.8 Å². The van der Waals surface area contributed by atoms with Gasteiger partial charge in [-0.15, -0.1) is 0 Å². The Morgan fingerprint density at radius 3 is 2.62 bits per heavy atom. The van der Waals surface area contributed by atoms with Crippen molar-refractivity contribution in [1.29, 1.82) is 0 Å². The van der Waals surface area contributed by atoms with Crippen LogP contribution in [0.25, 0.3) is 0 Å². The molecule has 0 saturated carbocycles. The molecule has 1 aliphatic rings. The molecular formula is C10H17NO5. The summed E-state index contributed by atoms with van der Waals surface area (Å²) in [6.45, 7) is 0.794. The molecule has 2 N–H and O–H groups in total. The predicted molar refractivity (Wildman–Crippen MR) is 54.7 cm³/mol. The van der Waals surface area contributed by atoms with E-state index in [-0.39, 0.29) is 19.2 Å². The quantitative estimate of drug-likeness (QED) is 0.531. The van der Waals surface area contributed by atoms with Crippen molar-refractivity contribution in [3.05, 3.63) is 0 Å². The summed E-state index contributed by atoms with van der Waals surface area (Å²) in [5.74, 6) is -0.288. The highest BCUT2D eigenvalue weighted by molar-refractivity contribution is 5.69. The van der Waals surface area contributed by atoms with E-state index in [9.17, 15) is 9.59 Å². The third-order valence-corrected chi connectivity index (χ3v) is 2.16. The van der Waals surface area contributed by atoms with Crippen molar-refractivity contribution in [2.45, 2.75) is 31.8 Å². The topological polar surface area (TPSA) is 87.9 Å². The first-order valence-corrected chi connectivity index (χ1v) is 5.41. The number of carbonyl (C=O) groups is 2. The second kappa shape index (κ2) is 7.05. The summed E-state index contributed by atoms with van der Waals surface area (Å²) < 4.78 is 14.2. The van der Waals surface area contributed by atoms with Gasteiger partial charge >= 0.3 is 12.1 Å². The van der Waals surface area contributed by atoms with Gasteiger partial charge < -0.3 is 19.9 Å². The smallest absolute Gasteiger partial charge is 0.455 e. The van der Waals surface area contributed by atoms with E-state index in [4.69, 9.17) is 10.5 Å². The highest BCUT2D eigenvalue weighted by atomic mass is 16.7. The van der Waals surface area contributed by atoms with Gasteiger partial charge in [0.2, 0.25) is 0 Å². The Morgan fingerprint density at radius 1 is 1.31 bits per heavy atom. The first kappa shape index (κ1) is 12.8. The predicted octanol–water partition coefficient (Wildman–Crippen LogP) is 0.584. The van der Waals surface area contributed by atoms with Gasteiger partial charge in [-0.05, 0) is 19.4 Å². The molecule has 1 rings (SSSR count). The molecule has 1 heterocycles. The molecule has 92 valence electrons. The zero-order valence-corrected chi connectivity index (χ0v) is 9.15. The van der Waals surface area contributed by atoms with E-state index < -0.39 is 12.3 Å². The summed E-state index contributed by atoms with van der Waals surface area (Å²) >= 11 is 0. The number of unbranched alkanes of at least 4 members (excludes halogenated alkanes) is 2. The van der Waals surface area contributed by atoms with E-state index >= 15 is 0 Å². The fourth-order valence-corrected chi connectivity index (χ4v) is 1.32. The molecule has 16 heavy (non-hydrogen) atoms. The van der Waals surface area contributed by atoms with E-state index in [1.54, 1.807) is 0 Å². The van der Waals surface area contributed by atoms with Gasteiger partial charge in [0.25, 0.3) is 0 Å². The summed E-state index contributed by atoms with van der Waals surface area (Å²) in [7, 11) is 0. The van der Waals surface area contributed by atoms with Crippen LogP contribution in [0.1, 0.15) is 25.7 Å². The number of ether oxygens (including phenoxy) is 3. The number of nitrogens with two attached hydrogens (primary N) is 1. The van der Waals surface area contributed by atoms with Crippen LogP contribution in [0, 0.1) is 0 Å². The fraction of sp³-hybridized carbons (Fsp3) is 0.800. The molecule has 0 atom stereocenters. The van der Waals surface area contributed by atoms with Crippen LogP contribution in [0.2, 0.25) is 0 Å². The third-order valence-electron chi connectivity index (χ3n) is 2.16. The summed E-state index contributed by atoms with van der Waals surface area (Å²) in [5, 5.41) is 0. The first-order valence-electron chi connectivity index (χ1n) is 5.41. The van der Waals surface area contributed by atoms with Crippen LogP contribution in [0.5, 0.6) is 0 Å². The third kappa shape index (κ3) is 4.97. The van der Waals surface area contributed by atoms with Crippen LogP contribution in [0.15, 0.2) is 0 Å². The van der Waals surface area contributed by atoms with Crippen LogP contribution < -0.4 is 5.73 Å². The summed E-state index contributed by atoms with van der Waals surface area (Å²) in [6.07, 6.45) is 1.78. The molecule has 1 saturated heterocycles. The largest absolute Gasteiger partial charge is 0.508 e. The van der Waals surface area contributed by atoms with E-state index in [2.05, 4.69) is 9.47 Å². The van der Waals surface area contributed by atoms with Crippen LogP contribution in [-0.2, 0) is 19.0 Å². The highest BCUT2D eigenvalue weighted by Gasteiger charge is 2.23. The minimum Gasteiger partial charge on any atom is -0.455 e. The summed E-state index contributed by atoms with van der Waals surface area (Å²) in [5.41, 5.74) is 5.33. The molecule has 0 aromatic heterocycles. The van der Waals surface area contributed by atoms with Gasteiger partial charge in [-0.1, -0.05) is 6.42 Å². The van der Waals surface area contributed by atoms with Crippen molar-refractivity contribution in [2.24, 2.45) is 5.73 Å². The Labute approximate surface area is 94.0 Å². The van der Waals surface area contributed by atoms with Crippen LogP contribution in [0.3, 0.4) is 0 Å². The molecule has 0 radical (unpaired) electrons. The van der Waals surface area contributed by atoms with Gasteiger partial charge in [-0.25, -0.2) is 4.79 Å². The zero-order chi connectivity index (χ0) is 11.8. The number of hydrogen-bond donors (Lipinski definition) is 1. The monoisotopic (exact) mass is 231 g/mol. The Morgan fingerprint density at radius 2 is 2.00 bits per heavy atom. The highest BCUT2D eigenvalue weighted by Crippen LogP contribution is 2.07. The number of esters is 1. The van der Waals surface area contributed by atoms with Crippen molar-refractivity contribution in [3.63, 3.8) is 0 Å². The van der Waals surface area contributed by atoms with E-state index in [1.165, 1.54) is 0 Å². The molecule has 0 aliphatic carbocycles. The molecule has 1 fully saturated rings. The Bertz CT molecular complexity index is 233. The lowest BCUT2D eigenvalue weighted by atomic mass is 10.2. The lowest BCUT2D eigenvalue weighted by molar-refractivity contribution is -0.158. The van der Waals surface area contributed by atoms with Gasteiger partial charge in [0.1, 0.15) is 13.2 Å². The number of rotatable bonds is 6. The SMILES string of the molecule is NCCCCCC(=O)OC1COC(=O)OC1. The minimum absolute atomic E-state index is 0.0768.